The Labute approximate surface area is 59.3 Å². The van der Waals surface area contributed by atoms with Crippen LogP contribution in [0.4, 0.5) is 0 Å². The average Bonchev–Trinajstić information content (AvgIpc) is 1.79. The van der Waals surface area contributed by atoms with Gasteiger partial charge in [-0.05, 0) is 0 Å². The zero-order valence-electron chi connectivity index (χ0n) is 5.65. The first-order valence-electron chi connectivity index (χ1n) is 2.79. The fourth-order valence-corrected chi connectivity index (χ4v) is 0.343. The van der Waals surface area contributed by atoms with Crippen LogP contribution >= 0.6 is 0 Å². The molecular weight excluding hydrogens is 135 g/mol. The second-order valence-electron chi connectivity index (χ2n) is 1.64. The Morgan fingerprint density at radius 3 is 2.70 bits per heavy atom. The van der Waals surface area contributed by atoms with Crippen molar-refractivity contribution in [1.29, 1.82) is 0 Å². The molecule has 0 amide bonds. The van der Waals surface area contributed by atoms with Crippen LogP contribution in [0, 0.1) is 0 Å². The van der Waals surface area contributed by atoms with E-state index in [0.717, 1.165) is 5.98 Å². The molecule has 2 N–H and O–H groups in total. The van der Waals surface area contributed by atoms with Crippen LogP contribution in [0.3, 0.4) is 0 Å². The number of rotatable bonds is 3. The number of hydrogen-bond acceptors (Lipinski definition) is 4. The summed E-state index contributed by atoms with van der Waals surface area (Å²) < 4.78 is 4.44. The topological polar surface area (TPSA) is 66.8 Å². The van der Waals surface area contributed by atoms with Gasteiger partial charge in [-0.1, -0.05) is 12.1 Å². The highest BCUT2D eigenvalue weighted by Gasteiger charge is 1.96. The molecule has 56 valence electrons. The van der Waals surface area contributed by atoms with E-state index in [0.29, 0.717) is 0 Å². The van der Waals surface area contributed by atoms with Crippen molar-refractivity contribution < 1.29 is 19.6 Å². The Morgan fingerprint density at radius 1 is 1.70 bits per heavy atom. The summed E-state index contributed by atoms with van der Waals surface area (Å²) in [5, 5.41) is 16.5. The lowest BCUT2D eigenvalue weighted by molar-refractivity contribution is -0.139. The van der Waals surface area contributed by atoms with E-state index in [1.807, 2.05) is 0 Å². The molecule has 0 aliphatic carbocycles. The van der Waals surface area contributed by atoms with Gasteiger partial charge in [0.1, 0.15) is 6.61 Å². The van der Waals surface area contributed by atoms with Gasteiger partial charge in [-0.15, -0.1) is 0 Å². The summed E-state index contributed by atoms with van der Waals surface area (Å²) in [4.78, 5) is 10.1. The van der Waals surface area contributed by atoms with Gasteiger partial charge in [0, 0.05) is 6.92 Å². The molecule has 0 bridgehead atoms. The molecular formula is C5H9BO4. The fraction of sp³-hybridized carbons (Fsp3) is 0.400. The van der Waals surface area contributed by atoms with Gasteiger partial charge in [0.15, 0.2) is 0 Å². The molecule has 0 aliphatic heterocycles. The minimum absolute atomic E-state index is 0.0763. The molecule has 0 radical (unpaired) electrons. The molecule has 0 saturated carbocycles. The maximum Gasteiger partial charge on any atom is 0.480 e. The largest absolute Gasteiger partial charge is 0.480 e. The molecule has 0 aromatic heterocycles. The van der Waals surface area contributed by atoms with Crippen molar-refractivity contribution in [1.82, 2.24) is 0 Å². The summed E-state index contributed by atoms with van der Waals surface area (Å²) in [6, 6.07) is 0. The SMILES string of the molecule is CC(=O)OCC=CB(O)O. The van der Waals surface area contributed by atoms with E-state index in [1.165, 1.54) is 13.0 Å². The van der Waals surface area contributed by atoms with Crippen molar-refractivity contribution in [2.45, 2.75) is 6.92 Å². The summed E-state index contributed by atoms with van der Waals surface area (Å²) in [7, 11) is -1.48. The lowest BCUT2D eigenvalue weighted by Crippen LogP contribution is -2.07. The summed E-state index contributed by atoms with van der Waals surface area (Å²) in [5.74, 6) is 0.722. The first-order valence-corrected chi connectivity index (χ1v) is 2.79. The summed E-state index contributed by atoms with van der Waals surface area (Å²) in [5.41, 5.74) is 0. The number of ether oxygens (including phenoxy) is 1. The van der Waals surface area contributed by atoms with E-state index in [4.69, 9.17) is 10.0 Å². The number of esters is 1. The van der Waals surface area contributed by atoms with Gasteiger partial charge in [-0.2, -0.15) is 0 Å². The molecule has 0 fully saturated rings. The number of hydrogen-bond donors (Lipinski definition) is 2. The van der Waals surface area contributed by atoms with Crippen molar-refractivity contribution in [3.8, 4) is 0 Å². The number of carbonyl (C=O) groups is 1. The molecule has 0 aliphatic rings. The second-order valence-corrected chi connectivity index (χ2v) is 1.64. The predicted octanol–water partition coefficient (Wildman–Crippen LogP) is -0.882. The highest BCUT2D eigenvalue weighted by atomic mass is 16.5. The smallest absolute Gasteiger partial charge is 0.462 e. The standard InChI is InChI=1S/C5H9BO4/c1-5(7)10-4-2-3-6(8)9/h2-3,8-9H,4H2,1H3. The van der Waals surface area contributed by atoms with Crippen molar-refractivity contribution in [3.63, 3.8) is 0 Å². The highest BCUT2D eigenvalue weighted by molar-refractivity contribution is 6.47. The molecule has 5 heteroatoms. The Morgan fingerprint density at radius 2 is 2.30 bits per heavy atom. The average molecular weight is 144 g/mol. The normalized spacial score (nSPS) is 9.90. The second kappa shape index (κ2) is 5.02. The summed E-state index contributed by atoms with van der Waals surface area (Å²) in [6.07, 6.45) is 1.35. The van der Waals surface area contributed by atoms with Gasteiger partial charge < -0.3 is 14.8 Å². The van der Waals surface area contributed by atoms with Crippen molar-refractivity contribution in [2.24, 2.45) is 0 Å². The van der Waals surface area contributed by atoms with E-state index in [9.17, 15) is 4.79 Å². The molecule has 0 heterocycles. The molecule has 0 saturated heterocycles. The minimum atomic E-state index is -1.48. The van der Waals surface area contributed by atoms with Gasteiger partial charge in [0.25, 0.3) is 0 Å². The minimum Gasteiger partial charge on any atom is -0.462 e. The monoisotopic (exact) mass is 144 g/mol. The molecule has 0 spiro atoms. The van der Waals surface area contributed by atoms with E-state index in [2.05, 4.69) is 4.74 Å². The van der Waals surface area contributed by atoms with E-state index >= 15 is 0 Å². The van der Waals surface area contributed by atoms with Gasteiger partial charge in [0.05, 0.1) is 0 Å². The van der Waals surface area contributed by atoms with Crippen molar-refractivity contribution in [3.05, 3.63) is 12.1 Å². The zero-order chi connectivity index (χ0) is 7.98. The third-order valence-electron chi connectivity index (χ3n) is 0.691. The third-order valence-corrected chi connectivity index (χ3v) is 0.691. The molecule has 0 atom stereocenters. The molecule has 0 unspecified atom stereocenters. The highest BCUT2D eigenvalue weighted by Crippen LogP contribution is 1.79. The number of carbonyl (C=O) groups excluding carboxylic acids is 1. The maximum atomic E-state index is 10.1. The van der Waals surface area contributed by atoms with E-state index < -0.39 is 13.1 Å². The Balaban J connectivity index is 3.27. The summed E-state index contributed by atoms with van der Waals surface area (Å²) >= 11 is 0. The third kappa shape index (κ3) is 7.19. The van der Waals surface area contributed by atoms with Crippen LogP contribution in [0.1, 0.15) is 6.92 Å². The fourth-order valence-electron chi connectivity index (χ4n) is 0.343. The van der Waals surface area contributed by atoms with E-state index in [-0.39, 0.29) is 6.61 Å². The van der Waals surface area contributed by atoms with Crippen LogP contribution in [0.25, 0.3) is 0 Å². The van der Waals surface area contributed by atoms with Crippen molar-refractivity contribution in [2.75, 3.05) is 6.61 Å². The molecule has 0 aromatic carbocycles. The quantitative estimate of drug-likeness (QED) is 0.398. The van der Waals surface area contributed by atoms with Crippen LogP contribution in [-0.2, 0) is 9.53 Å². The van der Waals surface area contributed by atoms with Crippen molar-refractivity contribution >= 4 is 13.1 Å². The van der Waals surface area contributed by atoms with Crippen LogP contribution in [0.15, 0.2) is 12.1 Å². The Hall–Kier alpha value is -0.805. The summed E-state index contributed by atoms with van der Waals surface area (Å²) in [6.45, 7) is 1.36. The van der Waals surface area contributed by atoms with Gasteiger partial charge in [0.2, 0.25) is 0 Å². The Bertz CT molecular complexity index is 132. The molecule has 0 aromatic rings. The van der Waals surface area contributed by atoms with Crippen LogP contribution in [-0.4, -0.2) is 29.7 Å². The zero-order valence-corrected chi connectivity index (χ0v) is 5.65. The van der Waals surface area contributed by atoms with Gasteiger partial charge in [-0.3, -0.25) is 4.79 Å². The first kappa shape index (κ1) is 9.19. The first-order chi connectivity index (χ1) is 4.63. The van der Waals surface area contributed by atoms with E-state index in [1.54, 1.807) is 0 Å². The maximum absolute atomic E-state index is 10.1. The molecule has 0 rings (SSSR count). The Kier molecular flexibility index (Phi) is 4.61. The van der Waals surface area contributed by atoms with Gasteiger partial charge >= 0.3 is 13.1 Å². The molecule has 10 heavy (non-hydrogen) atoms. The lowest BCUT2D eigenvalue weighted by atomic mass is 9.92. The lowest BCUT2D eigenvalue weighted by Gasteiger charge is -1.93. The van der Waals surface area contributed by atoms with Crippen LogP contribution in [0.5, 0.6) is 0 Å². The van der Waals surface area contributed by atoms with Crippen LogP contribution < -0.4 is 0 Å². The van der Waals surface area contributed by atoms with Crippen LogP contribution in [0.2, 0.25) is 0 Å². The molecule has 4 nitrogen and oxygen atoms in total. The van der Waals surface area contributed by atoms with Gasteiger partial charge in [-0.25, -0.2) is 0 Å². The predicted molar refractivity (Wildman–Crippen MR) is 36.0 cm³/mol.